The van der Waals surface area contributed by atoms with Crippen molar-refractivity contribution in [2.75, 3.05) is 20.3 Å². The first-order valence-corrected chi connectivity index (χ1v) is 13.1. The molecule has 0 saturated carbocycles. The molecule has 0 saturated heterocycles. The van der Waals surface area contributed by atoms with Gasteiger partial charge in [-0.25, -0.2) is 4.98 Å². The van der Waals surface area contributed by atoms with Gasteiger partial charge in [0.2, 0.25) is 5.88 Å². The number of nitrogens with one attached hydrogen (secondary N) is 1. The smallest absolute Gasteiger partial charge is 0.312 e. The largest absolute Gasteiger partial charge is 0.493 e. The first-order chi connectivity index (χ1) is 17.8. The lowest BCUT2D eigenvalue weighted by Crippen LogP contribution is -2.08. The summed E-state index contributed by atoms with van der Waals surface area (Å²) in [6, 6.07) is 11.5. The Balaban J connectivity index is 1.32. The zero-order valence-electron chi connectivity index (χ0n) is 21.7. The summed E-state index contributed by atoms with van der Waals surface area (Å²) in [7, 11) is 1.62. The number of carboxylic acids is 1. The number of hydrogen-bond donors (Lipinski definition) is 2. The Hall–Kier alpha value is -3.72. The zero-order chi connectivity index (χ0) is 26.5. The van der Waals surface area contributed by atoms with Gasteiger partial charge in [0.05, 0.1) is 37.7 Å². The van der Waals surface area contributed by atoms with Crippen molar-refractivity contribution in [1.29, 1.82) is 0 Å². The lowest BCUT2D eigenvalue weighted by atomic mass is 10.0. The maximum absolute atomic E-state index is 11.4. The average Bonchev–Trinajstić information content (AvgIpc) is 3.47. The number of aliphatic carboxylic acids is 1. The molecule has 0 bridgehead atoms. The van der Waals surface area contributed by atoms with Gasteiger partial charge in [-0.2, -0.15) is 0 Å². The van der Waals surface area contributed by atoms with E-state index < -0.39 is 11.9 Å². The lowest BCUT2D eigenvalue weighted by Gasteiger charge is -2.12. The van der Waals surface area contributed by atoms with E-state index in [0.29, 0.717) is 42.7 Å². The number of thiazole rings is 1. The summed E-state index contributed by atoms with van der Waals surface area (Å²) in [5.74, 6) is 1.19. The number of H-pyrrole nitrogens is 1. The number of aryl methyl sites for hydroxylation is 1. The maximum Gasteiger partial charge on any atom is 0.312 e. The second-order valence-corrected chi connectivity index (χ2v) is 9.86. The van der Waals surface area contributed by atoms with Crippen molar-refractivity contribution >= 4 is 28.2 Å². The highest BCUT2D eigenvalue weighted by molar-refractivity contribution is 7.13. The molecule has 0 aliphatic heterocycles. The summed E-state index contributed by atoms with van der Waals surface area (Å²) in [6.07, 6.45) is 0.754. The lowest BCUT2D eigenvalue weighted by molar-refractivity contribution is -0.138. The van der Waals surface area contributed by atoms with Crippen molar-refractivity contribution in [2.24, 2.45) is 0 Å². The number of fused-ring (bicyclic) bond motifs is 1. The maximum atomic E-state index is 11.4. The van der Waals surface area contributed by atoms with Crippen LogP contribution in [0.4, 0.5) is 0 Å². The van der Waals surface area contributed by atoms with Gasteiger partial charge in [-0.3, -0.25) is 4.79 Å². The van der Waals surface area contributed by atoms with E-state index in [-0.39, 0.29) is 6.10 Å². The van der Waals surface area contributed by atoms with Gasteiger partial charge in [-0.1, -0.05) is 0 Å². The van der Waals surface area contributed by atoms with Crippen molar-refractivity contribution in [3.8, 4) is 33.7 Å². The molecule has 37 heavy (non-hydrogen) atoms. The van der Waals surface area contributed by atoms with Gasteiger partial charge >= 0.3 is 5.97 Å². The van der Waals surface area contributed by atoms with Crippen LogP contribution in [0.2, 0.25) is 0 Å². The molecule has 2 heterocycles. The number of carbonyl (C=O) groups is 1. The third-order valence-electron chi connectivity index (χ3n) is 5.94. The Morgan fingerprint density at radius 2 is 1.86 bits per heavy atom. The molecule has 4 rings (SSSR count). The summed E-state index contributed by atoms with van der Waals surface area (Å²) in [5.41, 5.74) is 3.48. The van der Waals surface area contributed by atoms with Gasteiger partial charge in [0.25, 0.3) is 0 Å². The number of ether oxygens (including phenoxy) is 4. The minimum Gasteiger partial charge on any atom is -0.493 e. The van der Waals surface area contributed by atoms with Crippen LogP contribution in [0.15, 0.2) is 41.8 Å². The van der Waals surface area contributed by atoms with Crippen LogP contribution < -0.4 is 18.9 Å². The number of methoxy groups -OCH3 is 1. The molecule has 1 atom stereocenters. The molecule has 0 radical (unpaired) electrons. The SMILES string of the molecule is COc1cc(-c2nc(OC(C)C)cs2)ccc1OCCCOc1ccc2[nH]c(C(C)C(=O)O)c(C)c2c1. The molecule has 2 aromatic heterocycles. The fourth-order valence-corrected chi connectivity index (χ4v) is 4.74. The first-order valence-electron chi connectivity index (χ1n) is 12.2. The van der Waals surface area contributed by atoms with Crippen molar-refractivity contribution in [3.05, 3.63) is 53.0 Å². The van der Waals surface area contributed by atoms with E-state index in [2.05, 4.69) is 9.97 Å². The standard InChI is InChI=1S/C28H32N2O6S/c1-16(2)36-25-15-37-27(30-25)19-7-10-23(24(13-19)33-5)35-12-6-11-34-20-8-9-22-21(14-20)17(3)26(29-22)18(4)28(31)32/h7-10,13-16,18,29H,6,11-12H2,1-5H3,(H,31,32). The van der Waals surface area contributed by atoms with Crippen molar-refractivity contribution in [3.63, 3.8) is 0 Å². The number of aromatic amines is 1. The molecule has 196 valence electrons. The molecular formula is C28H32N2O6S. The molecule has 9 heteroatoms. The Labute approximate surface area is 220 Å². The van der Waals surface area contributed by atoms with Crippen LogP contribution in [0, 0.1) is 6.92 Å². The summed E-state index contributed by atoms with van der Waals surface area (Å²) < 4.78 is 23.1. The topological polar surface area (TPSA) is 103 Å². The quantitative estimate of drug-likeness (QED) is 0.206. The molecule has 0 spiro atoms. The van der Waals surface area contributed by atoms with Gasteiger partial charge in [-0.05, 0) is 69.7 Å². The van der Waals surface area contributed by atoms with Crippen LogP contribution in [0.5, 0.6) is 23.1 Å². The Morgan fingerprint density at radius 3 is 2.59 bits per heavy atom. The highest BCUT2D eigenvalue weighted by Gasteiger charge is 2.20. The van der Waals surface area contributed by atoms with Gasteiger partial charge < -0.3 is 29.0 Å². The highest BCUT2D eigenvalue weighted by atomic mass is 32.1. The van der Waals surface area contributed by atoms with Crippen LogP contribution in [0.25, 0.3) is 21.5 Å². The molecule has 2 aromatic carbocycles. The molecule has 2 N–H and O–H groups in total. The van der Waals surface area contributed by atoms with Crippen molar-refractivity contribution in [2.45, 2.75) is 46.1 Å². The van der Waals surface area contributed by atoms with E-state index in [4.69, 9.17) is 18.9 Å². The summed E-state index contributed by atoms with van der Waals surface area (Å²) in [6.45, 7) is 8.49. The fourth-order valence-electron chi connectivity index (χ4n) is 4.01. The molecule has 0 aliphatic carbocycles. The van der Waals surface area contributed by atoms with E-state index in [9.17, 15) is 9.90 Å². The minimum absolute atomic E-state index is 0.0744. The normalized spacial score (nSPS) is 12.1. The van der Waals surface area contributed by atoms with E-state index in [1.807, 2.05) is 62.5 Å². The van der Waals surface area contributed by atoms with Crippen LogP contribution in [-0.4, -0.2) is 47.5 Å². The van der Waals surface area contributed by atoms with Gasteiger partial charge in [-0.15, -0.1) is 11.3 Å². The Bertz CT molecular complexity index is 1380. The van der Waals surface area contributed by atoms with Crippen molar-refractivity contribution in [1.82, 2.24) is 9.97 Å². The first kappa shape index (κ1) is 26.3. The van der Waals surface area contributed by atoms with Gasteiger partial charge in [0.15, 0.2) is 11.5 Å². The predicted octanol–water partition coefficient (Wildman–Crippen LogP) is 6.43. The number of aromatic nitrogens is 2. The van der Waals surface area contributed by atoms with Crippen LogP contribution in [0.3, 0.4) is 0 Å². The molecular weight excluding hydrogens is 492 g/mol. The molecule has 8 nitrogen and oxygen atoms in total. The molecule has 0 amide bonds. The Morgan fingerprint density at radius 1 is 1.08 bits per heavy atom. The number of carboxylic acid groups (broad SMARTS) is 1. The number of nitrogens with zero attached hydrogens (tertiary/aromatic N) is 1. The predicted molar refractivity (Wildman–Crippen MR) is 145 cm³/mol. The van der Waals surface area contributed by atoms with Gasteiger partial charge in [0.1, 0.15) is 10.8 Å². The third-order valence-corrected chi connectivity index (χ3v) is 6.81. The third kappa shape index (κ3) is 6.17. The van der Waals surface area contributed by atoms with Crippen molar-refractivity contribution < 1.29 is 28.8 Å². The van der Waals surface area contributed by atoms with E-state index >= 15 is 0 Å². The minimum atomic E-state index is -0.856. The summed E-state index contributed by atoms with van der Waals surface area (Å²) >= 11 is 1.52. The highest BCUT2D eigenvalue weighted by Crippen LogP contribution is 2.35. The van der Waals surface area contributed by atoms with E-state index in [1.165, 1.54) is 11.3 Å². The monoisotopic (exact) mass is 524 g/mol. The summed E-state index contributed by atoms with van der Waals surface area (Å²) in [5, 5.41) is 13.1. The summed E-state index contributed by atoms with van der Waals surface area (Å²) in [4.78, 5) is 19.1. The van der Waals surface area contributed by atoms with Crippen LogP contribution >= 0.6 is 11.3 Å². The molecule has 0 aliphatic rings. The fraction of sp³-hybridized carbons (Fsp3) is 0.357. The second kappa shape index (κ2) is 11.6. The molecule has 4 aromatic rings. The van der Waals surface area contributed by atoms with Crippen LogP contribution in [0.1, 0.15) is 44.4 Å². The average molecular weight is 525 g/mol. The number of hydrogen-bond acceptors (Lipinski definition) is 7. The second-order valence-electron chi connectivity index (χ2n) is 9.00. The molecule has 0 fully saturated rings. The van der Waals surface area contributed by atoms with E-state index in [0.717, 1.165) is 32.8 Å². The number of rotatable bonds is 12. The van der Waals surface area contributed by atoms with Gasteiger partial charge in [0, 0.05) is 28.6 Å². The molecule has 1 unspecified atom stereocenters. The Kier molecular flexibility index (Phi) is 8.23. The zero-order valence-corrected chi connectivity index (χ0v) is 22.5. The van der Waals surface area contributed by atoms with E-state index in [1.54, 1.807) is 14.0 Å². The van der Waals surface area contributed by atoms with Crippen LogP contribution in [-0.2, 0) is 4.79 Å². The number of benzene rings is 2.